The number of nitrogens with one attached hydrogen (secondary N) is 1. The van der Waals surface area contributed by atoms with E-state index in [1.54, 1.807) is 12.1 Å². The van der Waals surface area contributed by atoms with Gasteiger partial charge in [0.05, 0.1) is 4.92 Å². The van der Waals surface area contributed by atoms with E-state index in [9.17, 15) is 14.9 Å². The molecule has 6 heteroatoms. The second-order valence-corrected chi connectivity index (χ2v) is 4.59. The Bertz CT molecular complexity index is 494. The highest BCUT2D eigenvalue weighted by atomic mass is 16.6. The lowest BCUT2D eigenvalue weighted by Crippen LogP contribution is -2.69. The van der Waals surface area contributed by atoms with Crippen LogP contribution in [0.2, 0.25) is 0 Å². The lowest BCUT2D eigenvalue weighted by Gasteiger charge is -2.47. The Morgan fingerprint density at radius 1 is 1.32 bits per heavy atom. The molecule has 0 bridgehead atoms. The van der Waals surface area contributed by atoms with Crippen LogP contribution in [0.1, 0.15) is 26.7 Å². The topological polar surface area (TPSA) is 81.5 Å². The fraction of sp³-hybridized carbons (Fsp3) is 0.462. The summed E-state index contributed by atoms with van der Waals surface area (Å²) >= 11 is 0. The van der Waals surface area contributed by atoms with Crippen LogP contribution in [0, 0.1) is 15.5 Å². The van der Waals surface area contributed by atoms with Crippen molar-refractivity contribution in [2.75, 3.05) is 0 Å². The second kappa shape index (κ2) is 4.87. The van der Waals surface area contributed by atoms with Gasteiger partial charge in [-0.05, 0) is 25.0 Å². The fourth-order valence-corrected chi connectivity index (χ4v) is 2.31. The van der Waals surface area contributed by atoms with Gasteiger partial charge in [-0.25, -0.2) is 0 Å². The smallest absolute Gasteiger partial charge is 0.269 e. The van der Waals surface area contributed by atoms with Crippen LogP contribution in [0.4, 0.5) is 5.69 Å². The molecule has 0 aliphatic carbocycles. The molecule has 19 heavy (non-hydrogen) atoms. The number of hydrogen-bond donors (Lipinski definition) is 1. The molecule has 1 aliphatic rings. The van der Waals surface area contributed by atoms with Crippen LogP contribution in [0.3, 0.4) is 0 Å². The highest BCUT2D eigenvalue weighted by molar-refractivity contribution is 5.89. The minimum absolute atomic E-state index is 0.00408. The summed E-state index contributed by atoms with van der Waals surface area (Å²) in [6.45, 7) is 3.91. The molecular weight excluding hydrogens is 248 g/mol. The first-order valence-corrected chi connectivity index (χ1v) is 6.25. The first-order valence-electron chi connectivity index (χ1n) is 6.25. The number of hydrogen-bond acceptors (Lipinski definition) is 4. The van der Waals surface area contributed by atoms with Crippen molar-refractivity contribution in [3.05, 3.63) is 34.4 Å². The number of nitrogens with zero attached hydrogens (tertiary/aromatic N) is 1. The van der Waals surface area contributed by atoms with E-state index in [1.807, 2.05) is 13.8 Å². The van der Waals surface area contributed by atoms with Gasteiger partial charge in [-0.1, -0.05) is 13.8 Å². The average molecular weight is 264 g/mol. The molecule has 1 aromatic rings. The first kappa shape index (κ1) is 13.3. The quantitative estimate of drug-likeness (QED) is 0.502. The second-order valence-electron chi connectivity index (χ2n) is 4.59. The summed E-state index contributed by atoms with van der Waals surface area (Å²) in [6, 6.07) is 5.85. The predicted octanol–water partition coefficient (Wildman–Crippen LogP) is 2.24. The molecule has 1 atom stereocenters. The van der Waals surface area contributed by atoms with Crippen LogP contribution < -0.4 is 10.1 Å². The molecule has 1 fully saturated rings. The van der Waals surface area contributed by atoms with Crippen LogP contribution in [0.5, 0.6) is 5.75 Å². The van der Waals surface area contributed by atoms with Gasteiger partial charge in [0.2, 0.25) is 5.91 Å². The van der Waals surface area contributed by atoms with Crippen molar-refractivity contribution >= 4 is 11.6 Å². The van der Waals surface area contributed by atoms with Gasteiger partial charge >= 0.3 is 0 Å². The van der Waals surface area contributed by atoms with Gasteiger partial charge < -0.3 is 10.1 Å². The van der Waals surface area contributed by atoms with E-state index < -0.39 is 10.3 Å². The van der Waals surface area contributed by atoms with Crippen LogP contribution in [-0.2, 0) is 4.79 Å². The summed E-state index contributed by atoms with van der Waals surface area (Å²) in [4.78, 5) is 21.8. The number of amides is 1. The Morgan fingerprint density at radius 3 is 2.32 bits per heavy atom. The zero-order valence-electron chi connectivity index (χ0n) is 10.9. The van der Waals surface area contributed by atoms with Crippen molar-refractivity contribution in [3.63, 3.8) is 0 Å². The van der Waals surface area contributed by atoms with E-state index in [4.69, 9.17) is 4.74 Å². The van der Waals surface area contributed by atoms with Crippen molar-refractivity contribution in [1.29, 1.82) is 0 Å². The number of non-ortho nitro benzene ring substituents is 1. The molecule has 0 saturated carbocycles. The van der Waals surface area contributed by atoms with E-state index >= 15 is 0 Å². The standard InChI is InChI=1S/C13H16N2O4/c1-3-13(4-2)11(16)14-12(13)19-10-7-5-9(6-8-10)15(17)18/h5-8,12H,3-4H2,1-2H3,(H,14,16). The molecule has 1 heterocycles. The SMILES string of the molecule is CCC1(CC)C(=O)NC1Oc1ccc([N+](=O)[O-])cc1. The Morgan fingerprint density at radius 2 is 1.89 bits per heavy atom. The molecule has 1 N–H and O–H groups in total. The van der Waals surface area contributed by atoms with Crippen molar-refractivity contribution in [2.45, 2.75) is 32.9 Å². The monoisotopic (exact) mass is 264 g/mol. The van der Waals surface area contributed by atoms with Crippen molar-refractivity contribution in [1.82, 2.24) is 5.32 Å². The number of β-lactam (4-membered cyclic amide) rings is 1. The van der Waals surface area contributed by atoms with Gasteiger partial charge in [0.25, 0.3) is 5.69 Å². The number of carbonyl (C=O) groups is 1. The Hall–Kier alpha value is -2.11. The van der Waals surface area contributed by atoms with Gasteiger partial charge in [-0.2, -0.15) is 0 Å². The molecule has 1 unspecified atom stereocenters. The average Bonchev–Trinajstić information content (AvgIpc) is 2.40. The lowest BCUT2D eigenvalue weighted by atomic mass is 9.73. The van der Waals surface area contributed by atoms with Gasteiger partial charge in [0, 0.05) is 12.1 Å². The minimum Gasteiger partial charge on any atom is -0.470 e. The zero-order chi connectivity index (χ0) is 14.0. The first-order chi connectivity index (χ1) is 9.03. The number of benzene rings is 1. The molecule has 102 valence electrons. The summed E-state index contributed by atoms with van der Waals surface area (Å²) in [5, 5.41) is 13.3. The van der Waals surface area contributed by atoms with Crippen molar-refractivity contribution < 1.29 is 14.5 Å². The molecule has 1 amide bonds. The number of ether oxygens (including phenoxy) is 1. The van der Waals surface area contributed by atoms with E-state index in [2.05, 4.69) is 5.32 Å². The van der Waals surface area contributed by atoms with E-state index in [0.717, 1.165) is 0 Å². The lowest BCUT2D eigenvalue weighted by molar-refractivity contribution is -0.384. The summed E-state index contributed by atoms with van der Waals surface area (Å²) < 4.78 is 5.70. The van der Waals surface area contributed by atoms with Crippen LogP contribution >= 0.6 is 0 Å². The molecule has 0 spiro atoms. The molecule has 2 rings (SSSR count). The molecule has 1 saturated heterocycles. The molecule has 1 aromatic carbocycles. The number of carbonyl (C=O) groups excluding carboxylic acids is 1. The van der Waals surface area contributed by atoms with E-state index in [-0.39, 0.29) is 17.8 Å². The third-order valence-electron chi connectivity index (χ3n) is 3.78. The van der Waals surface area contributed by atoms with Gasteiger partial charge in [-0.15, -0.1) is 0 Å². The summed E-state index contributed by atoms with van der Waals surface area (Å²) in [5.41, 5.74) is -0.468. The summed E-state index contributed by atoms with van der Waals surface area (Å²) in [5.74, 6) is 0.520. The Labute approximate surface area is 110 Å². The number of nitro groups is 1. The molecule has 0 radical (unpaired) electrons. The fourth-order valence-electron chi connectivity index (χ4n) is 2.31. The van der Waals surface area contributed by atoms with Crippen molar-refractivity contribution in [3.8, 4) is 5.75 Å². The third kappa shape index (κ3) is 2.14. The summed E-state index contributed by atoms with van der Waals surface area (Å²) in [6.07, 6.45) is 1.04. The number of nitro benzene ring substituents is 1. The van der Waals surface area contributed by atoms with Gasteiger partial charge in [-0.3, -0.25) is 14.9 Å². The van der Waals surface area contributed by atoms with Crippen LogP contribution in [-0.4, -0.2) is 17.1 Å². The maximum Gasteiger partial charge on any atom is 0.269 e. The predicted molar refractivity (Wildman–Crippen MR) is 68.7 cm³/mol. The molecule has 0 aromatic heterocycles. The molecular formula is C13H16N2O4. The minimum atomic E-state index is -0.484. The maximum atomic E-state index is 11.7. The maximum absolute atomic E-state index is 11.7. The van der Waals surface area contributed by atoms with Crippen molar-refractivity contribution in [2.24, 2.45) is 5.41 Å². The van der Waals surface area contributed by atoms with Crippen LogP contribution in [0.15, 0.2) is 24.3 Å². The van der Waals surface area contributed by atoms with Crippen LogP contribution in [0.25, 0.3) is 0 Å². The molecule has 1 aliphatic heterocycles. The normalized spacial score (nSPS) is 20.3. The zero-order valence-corrected chi connectivity index (χ0v) is 10.9. The molecule has 6 nitrogen and oxygen atoms in total. The highest BCUT2D eigenvalue weighted by Crippen LogP contribution is 2.39. The van der Waals surface area contributed by atoms with E-state index in [1.165, 1.54) is 12.1 Å². The Balaban J connectivity index is 2.10. The Kier molecular flexibility index (Phi) is 3.42. The largest absolute Gasteiger partial charge is 0.470 e. The highest BCUT2D eigenvalue weighted by Gasteiger charge is 2.54. The van der Waals surface area contributed by atoms with Gasteiger partial charge in [0.15, 0.2) is 6.23 Å². The summed E-state index contributed by atoms with van der Waals surface area (Å²) in [7, 11) is 0. The third-order valence-corrected chi connectivity index (χ3v) is 3.78. The number of rotatable bonds is 5. The van der Waals surface area contributed by atoms with Gasteiger partial charge in [0.1, 0.15) is 11.2 Å². The van der Waals surface area contributed by atoms with E-state index in [0.29, 0.717) is 18.6 Å².